The van der Waals surface area contributed by atoms with Gasteiger partial charge in [0.2, 0.25) is 0 Å². The number of aryl methyl sites for hydroxylation is 1. The number of esters is 1. The van der Waals surface area contributed by atoms with E-state index in [0.29, 0.717) is 12.2 Å². The van der Waals surface area contributed by atoms with Crippen molar-refractivity contribution in [3.8, 4) is 0 Å². The predicted molar refractivity (Wildman–Crippen MR) is 75.6 cm³/mol. The summed E-state index contributed by atoms with van der Waals surface area (Å²) in [6.07, 6.45) is 3.27. The van der Waals surface area contributed by atoms with E-state index >= 15 is 0 Å². The molecular formula is C13H19BrN2O2. The van der Waals surface area contributed by atoms with Gasteiger partial charge in [-0.25, -0.2) is 9.78 Å². The summed E-state index contributed by atoms with van der Waals surface area (Å²) in [6, 6.07) is 1.91. The predicted octanol–water partition coefficient (Wildman–Crippen LogP) is 3.30. The van der Waals surface area contributed by atoms with Gasteiger partial charge < -0.3 is 10.1 Å². The van der Waals surface area contributed by atoms with Gasteiger partial charge in [-0.3, -0.25) is 0 Å². The number of halogens is 1. The molecule has 0 fully saturated rings. The number of hydrogen-bond donors (Lipinski definition) is 1. The lowest BCUT2D eigenvalue weighted by atomic mass is 9.96. The molecule has 1 rings (SSSR count). The molecule has 5 heteroatoms. The smallest absolute Gasteiger partial charge is 0.331 e. The monoisotopic (exact) mass is 314 g/mol. The van der Waals surface area contributed by atoms with Gasteiger partial charge in [-0.15, -0.1) is 0 Å². The average molecular weight is 315 g/mol. The minimum atomic E-state index is -0.757. The van der Waals surface area contributed by atoms with Crippen LogP contribution in [0.2, 0.25) is 0 Å². The molecule has 0 radical (unpaired) electrons. The lowest BCUT2D eigenvalue weighted by Crippen LogP contribution is -2.44. The van der Waals surface area contributed by atoms with Gasteiger partial charge in [0.05, 0.1) is 11.6 Å². The minimum Gasteiger partial charge on any atom is -0.467 e. The van der Waals surface area contributed by atoms with Crippen molar-refractivity contribution in [3.05, 3.63) is 22.3 Å². The molecule has 0 aliphatic heterocycles. The van der Waals surface area contributed by atoms with Gasteiger partial charge in [-0.2, -0.15) is 0 Å². The number of aromatic nitrogens is 1. The van der Waals surface area contributed by atoms with Crippen molar-refractivity contribution in [1.29, 1.82) is 0 Å². The summed E-state index contributed by atoms with van der Waals surface area (Å²) >= 11 is 3.48. The van der Waals surface area contributed by atoms with Gasteiger partial charge >= 0.3 is 5.97 Å². The SMILES string of the molecule is CCCC(C)(Nc1nccc(C)c1Br)C(=O)OC. The molecule has 0 saturated heterocycles. The Hall–Kier alpha value is -1.10. The van der Waals surface area contributed by atoms with E-state index in [9.17, 15) is 4.79 Å². The minimum absolute atomic E-state index is 0.278. The molecule has 1 atom stereocenters. The van der Waals surface area contributed by atoms with Crippen LogP contribution in [0.1, 0.15) is 32.3 Å². The maximum Gasteiger partial charge on any atom is 0.331 e. The van der Waals surface area contributed by atoms with Crippen molar-refractivity contribution in [2.45, 2.75) is 39.2 Å². The first-order chi connectivity index (χ1) is 8.44. The van der Waals surface area contributed by atoms with E-state index in [0.717, 1.165) is 16.5 Å². The normalized spacial score (nSPS) is 13.8. The maximum absolute atomic E-state index is 11.9. The largest absolute Gasteiger partial charge is 0.467 e. The number of pyridine rings is 1. The third kappa shape index (κ3) is 3.22. The quantitative estimate of drug-likeness (QED) is 0.847. The molecule has 1 N–H and O–H groups in total. The number of rotatable bonds is 5. The first-order valence-corrected chi connectivity index (χ1v) is 6.71. The number of hydrogen-bond acceptors (Lipinski definition) is 4. The lowest BCUT2D eigenvalue weighted by molar-refractivity contribution is -0.145. The van der Waals surface area contributed by atoms with Crippen LogP contribution in [0.5, 0.6) is 0 Å². The van der Waals surface area contributed by atoms with Crippen LogP contribution in [0.3, 0.4) is 0 Å². The second-order valence-electron chi connectivity index (χ2n) is 4.49. The average Bonchev–Trinajstić information content (AvgIpc) is 2.34. The summed E-state index contributed by atoms with van der Waals surface area (Å²) in [7, 11) is 1.40. The molecule has 1 aromatic rings. The highest BCUT2D eigenvalue weighted by Gasteiger charge is 2.34. The zero-order chi connectivity index (χ0) is 13.8. The Labute approximate surface area is 116 Å². The Morgan fingerprint density at radius 3 is 2.83 bits per heavy atom. The number of anilines is 1. The molecule has 0 aliphatic rings. The van der Waals surface area contributed by atoms with Crippen molar-refractivity contribution in [3.63, 3.8) is 0 Å². The summed E-state index contributed by atoms with van der Waals surface area (Å²) in [5.41, 5.74) is 0.309. The molecular weight excluding hydrogens is 296 g/mol. The molecule has 0 amide bonds. The summed E-state index contributed by atoms with van der Waals surface area (Å²) in [4.78, 5) is 16.2. The van der Waals surface area contributed by atoms with Crippen LogP contribution in [0.4, 0.5) is 5.82 Å². The zero-order valence-electron chi connectivity index (χ0n) is 11.2. The van der Waals surface area contributed by atoms with Crippen molar-refractivity contribution in [2.75, 3.05) is 12.4 Å². The van der Waals surface area contributed by atoms with Crippen LogP contribution in [0.25, 0.3) is 0 Å². The lowest BCUT2D eigenvalue weighted by Gasteiger charge is -2.28. The van der Waals surface area contributed by atoms with Crippen LogP contribution in [0, 0.1) is 6.92 Å². The van der Waals surface area contributed by atoms with Gasteiger partial charge in [-0.05, 0) is 47.8 Å². The molecule has 0 bridgehead atoms. The molecule has 0 aliphatic carbocycles. The Balaban J connectivity index is 3.03. The first-order valence-electron chi connectivity index (χ1n) is 5.92. The number of ether oxygens (including phenoxy) is 1. The van der Waals surface area contributed by atoms with Crippen LogP contribution in [-0.2, 0) is 9.53 Å². The fourth-order valence-electron chi connectivity index (χ4n) is 1.83. The van der Waals surface area contributed by atoms with Crippen molar-refractivity contribution in [1.82, 2.24) is 4.98 Å². The second-order valence-corrected chi connectivity index (χ2v) is 5.28. The van der Waals surface area contributed by atoms with E-state index in [-0.39, 0.29) is 5.97 Å². The van der Waals surface area contributed by atoms with E-state index in [1.54, 1.807) is 6.20 Å². The Morgan fingerprint density at radius 2 is 2.28 bits per heavy atom. The fourth-order valence-corrected chi connectivity index (χ4v) is 2.16. The summed E-state index contributed by atoms with van der Waals surface area (Å²) < 4.78 is 5.74. The topological polar surface area (TPSA) is 51.2 Å². The molecule has 1 aromatic heterocycles. The highest BCUT2D eigenvalue weighted by atomic mass is 79.9. The standard InChI is InChI=1S/C13H19BrN2O2/c1-5-7-13(3,12(17)18-4)16-11-10(14)9(2)6-8-15-11/h6,8H,5,7H2,1-4H3,(H,15,16). The number of nitrogens with zero attached hydrogens (tertiary/aromatic N) is 1. The molecule has 0 saturated carbocycles. The fraction of sp³-hybridized carbons (Fsp3) is 0.538. The van der Waals surface area contributed by atoms with Gasteiger partial charge in [-0.1, -0.05) is 13.3 Å². The van der Waals surface area contributed by atoms with E-state index in [1.807, 2.05) is 26.8 Å². The maximum atomic E-state index is 11.9. The van der Waals surface area contributed by atoms with Crippen LogP contribution >= 0.6 is 15.9 Å². The third-order valence-electron chi connectivity index (χ3n) is 2.86. The number of carbonyl (C=O) groups excluding carboxylic acids is 1. The molecule has 1 heterocycles. The first kappa shape index (κ1) is 15.0. The van der Waals surface area contributed by atoms with E-state index in [2.05, 4.69) is 26.2 Å². The van der Waals surface area contributed by atoms with Crippen molar-refractivity contribution >= 4 is 27.7 Å². The van der Waals surface area contributed by atoms with Crippen LogP contribution in [0.15, 0.2) is 16.7 Å². The van der Waals surface area contributed by atoms with E-state index in [1.165, 1.54) is 7.11 Å². The molecule has 4 nitrogen and oxygen atoms in total. The van der Waals surface area contributed by atoms with Gasteiger partial charge in [0.1, 0.15) is 11.4 Å². The van der Waals surface area contributed by atoms with Gasteiger partial charge in [0.15, 0.2) is 0 Å². The van der Waals surface area contributed by atoms with E-state index in [4.69, 9.17) is 4.74 Å². The Morgan fingerprint density at radius 1 is 1.61 bits per heavy atom. The zero-order valence-corrected chi connectivity index (χ0v) is 12.8. The van der Waals surface area contributed by atoms with Crippen molar-refractivity contribution in [2.24, 2.45) is 0 Å². The summed E-state index contributed by atoms with van der Waals surface area (Å²) in [5, 5.41) is 3.18. The highest BCUT2D eigenvalue weighted by molar-refractivity contribution is 9.10. The number of methoxy groups -OCH3 is 1. The number of carbonyl (C=O) groups is 1. The molecule has 100 valence electrons. The van der Waals surface area contributed by atoms with Gasteiger partial charge in [0, 0.05) is 6.20 Å². The van der Waals surface area contributed by atoms with E-state index < -0.39 is 5.54 Å². The second kappa shape index (κ2) is 6.18. The van der Waals surface area contributed by atoms with Crippen molar-refractivity contribution < 1.29 is 9.53 Å². The summed E-state index contributed by atoms with van der Waals surface area (Å²) in [5.74, 6) is 0.385. The number of nitrogens with one attached hydrogen (secondary N) is 1. The highest BCUT2D eigenvalue weighted by Crippen LogP contribution is 2.28. The Kier molecular flexibility index (Phi) is 5.14. The third-order valence-corrected chi connectivity index (χ3v) is 3.86. The summed E-state index contributed by atoms with van der Waals surface area (Å²) in [6.45, 7) is 5.84. The van der Waals surface area contributed by atoms with Gasteiger partial charge in [0.25, 0.3) is 0 Å². The molecule has 0 aromatic carbocycles. The molecule has 0 spiro atoms. The Bertz CT molecular complexity index is 437. The van der Waals surface area contributed by atoms with Crippen LogP contribution < -0.4 is 5.32 Å². The molecule has 1 unspecified atom stereocenters. The molecule has 18 heavy (non-hydrogen) atoms. The van der Waals surface area contributed by atoms with Crippen LogP contribution in [-0.4, -0.2) is 23.6 Å².